The number of rotatable bonds is 10. The first-order chi connectivity index (χ1) is 14.0. The lowest BCUT2D eigenvalue weighted by molar-refractivity contribution is -0.428. The van der Waals surface area contributed by atoms with E-state index in [-0.39, 0.29) is 17.2 Å². The minimum atomic E-state index is -3.47. The molecule has 1 unspecified atom stereocenters. The van der Waals surface area contributed by atoms with Crippen LogP contribution in [-0.2, 0) is 10.6 Å². The van der Waals surface area contributed by atoms with E-state index in [1.165, 1.54) is 4.98 Å². The molecule has 0 bridgehead atoms. The van der Waals surface area contributed by atoms with Crippen molar-refractivity contribution in [1.29, 1.82) is 0 Å². The van der Waals surface area contributed by atoms with Gasteiger partial charge in [-0.2, -0.15) is 4.39 Å². The van der Waals surface area contributed by atoms with Gasteiger partial charge in [-0.05, 0) is 12.8 Å². The Bertz CT molecular complexity index is 836. The molecule has 1 aromatic heterocycles. The van der Waals surface area contributed by atoms with Crippen LogP contribution in [-0.4, -0.2) is 71.1 Å². The van der Waals surface area contributed by atoms with E-state index in [0.717, 1.165) is 19.3 Å². The van der Waals surface area contributed by atoms with E-state index in [9.17, 15) is 44.0 Å². The number of alkyl halides is 1. The molecule has 1 saturated heterocycles. The van der Waals surface area contributed by atoms with Crippen molar-refractivity contribution in [3.05, 3.63) is 32.9 Å². The highest BCUT2D eigenvalue weighted by Crippen LogP contribution is 2.44. The molecule has 11 nitrogen and oxygen atoms in total. The Hall–Kier alpha value is -1.74. The van der Waals surface area contributed by atoms with Crippen molar-refractivity contribution in [3.8, 4) is 0 Å². The van der Waals surface area contributed by atoms with Crippen LogP contribution in [0.5, 0.6) is 0 Å². The summed E-state index contributed by atoms with van der Waals surface area (Å²) in [6, 6.07) is 0. The molecular formula is C17H27F2N3O8. The SMILES string of the molecule is CCCCCCCC(F)N(O)[C@@]1(O)[C@H](O)[C@@H](CO)O[C@]1(O)n1cc(F)c(=O)[nH]c1=O. The summed E-state index contributed by atoms with van der Waals surface area (Å²) >= 11 is 0. The summed E-state index contributed by atoms with van der Waals surface area (Å²) in [7, 11) is 0. The fourth-order valence-corrected chi connectivity index (χ4v) is 3.39. The van der Waals surface area contributed by atoms with E-state index in [1.807, 2.05) is 6.92 Å². The van der Waals surface area contributed by atoms with Gasteiger partial charge in [-0.3, -0.25) is 9.78 Å². The summed E-state index contributed by atoms with van der Waals surface area (Å²) in [6.07, 6.45) is -3.02. The standard InChI is InChI=1S/C17H27F2N3O8/c1-2-3-4-5-6-7-12(19)22(29)16(27)13(24)11(9-23)30-17(16,28)21-8-10(18)14(25)20-15(21)26/h8,11-13,23-24,27-29H,2-7,9H2,1H3,(H,20,25,26)/t11-,12?,13-,16-,17+/m1/s1. The number of hydroxylamine groups is 2. The molecule has 5 atom stereocenters. The summed E-state index contributed by atoms with van der Waals surface area (Å²) in [5.74, 6) is -5.04. The molecule has 0 aliphatic carbocycles. The highest BCUT2D eigenvalue weighted by Gasteiger charge is 2.71. The number of nitrogens with zero attached hydrogens (tertiary/aromatic N) is 2. The Kier molecular flexibility index (Phi) is 7.85. The first-order valence-corrected chi connectivity index (χ1v) is 9.60. The van der Waals surface area contributed by atoms with Crippen molar-refractivity contribution in [3.63, 3.8) is 0 Å². The van der Waals surface area contributed by atoms with Gasteiger partial charge in [0.05, 0.1) is 12.8 Å². The van der Waals surface area contributed by atoms with E-state index in [0.29, 0.717) is 12.8 Å². The van der Waals surface area contributed by atoms with Gasteiger partial charge >= 0.3 is 11.6 Å². The smallest absolute Gasteiger partial charge is 0.332 e. The number of H-pyrrole nitrogens is 1. The quantitative estimate of drug-likeness (QED) is 0.117. The highest BCUT2D eigenvalue weighted by atomic mass is 19.1. The predicted octanol–water partition coefficient (Wildman–Crippen LogP) is -0.934. The first-order valence-electron chi connectivity index (χ1n) is 9.60. The van der Waals surface area contributed by atoms with E-state index >= 15 is 0 Å². The van der Waals surface area contributed by atoms with Crippen LogP contribution in [0.25, 0.3) is 0 Å². The number of aliphatic hydroxyl groups excluding tert-OH is 2. The number of ether oxygens (including phenoxy) is 1. The molecule has 172 valence electrons. The van der Waals surface area contributed by atoms with Gasteiger partial charge in [0.2, 0.25) is 11.5 Å². The van der Waals surface area contributed by atoms with Crippen LogP contribution >= 0.6 is 0 Å². The Labute approximate surface area is 169 Å². The molecular weight excluding hydrogens is 412 g/mol. The lowest BCUT2D eigenvalue weighted by atomic mass is 10.00. The van der Waals surface area contributed by atoms with Crippen molar-refractivity contribution in [2.24, 2.45) is 0 Å². The molecule has 6 N–H and O–H groups in total. The number of unbranched alkanes of at least 4 members (excludes halogenated alkanes) is 4. The average Bonchev–Trinajstić information content (AvgIpc) is 2.91. The van der Waals surface area contributed by atoms with Gasteiger partial charge < -0.3 is 30.4 Å². The number of aromatic amines is 1. The molecule has 0 aromatic carbocycles. The number of hydrogen-bond acceptors (Lipinski definition) is 9. The van der Waals surface area contributed by atoms with Gasteiger partial charge in [0.25, 0.3) is 5.56 Å². The maximum atomic E-state index is 14.7. The van der Waals surface area contributed by atoms with Gasteiger partial charge in [-0.25, -0.2) is 13.8 Å². The maximum Gasteiger partial charge on any atom is 0.332 e. The third kappa shape index (κ3) is 4.19. The number of aliphatic hydroxyl groups is 4. The van der Waals surface area contributed by atoms with Crippen LogP contribution in [0.1, 0.15) is 45.4 Å². The van der Waals surface area contributed by atoms with Gasteiger partial charge in [-0.15, -0.1) is 5.06 Å². The summed E-state index contributed by atoms with van der Waals surface area (Å²) in [5, 5.41) is 51.4. The molecule has 0 radical (unpaired) electrons. The van der Waals surface area contributed by atoms with Crippen molar-refractivity contribution in [2.75, 3.05) is 6.61 Å². The van der Waals surface area contributed by atoms with E-state index in [4.69, 9.17) is 4.74 Å². The summed E-state index contributed by atoms with van der Waals surface area (Å²) in [4.78, 5) is 24.8. The van der Waals surface area contributed by atoms with Crippen LogP contribution in [0, 0.1) is 5.82 Å². The van der Waals surface area contributed by atoms with Gasteiger partial charge in [0.15, 0.2) is 6.30 Å². The molecule has 13 heteroatoms. The molecule has 2 rings (SSSR count). The molecule has 0 saturated carbocycles. The van der Waals surface area contributed by atoms with E-state index in [2.05, 4.69) is 0 Å². The maximum absolute atomic E-state index is 14.7. The van der Waals surface area contributed by atoms with Crippen LogP contribution in [0.2, 0.25) is 0 Å². The van der Waals surface area contributed by atoms with Gasteiger partial charge in [-0.1, -0.05) is 32.6 Å². The molecule has 1 aromatic rings. The van der Waals surface area contributed by atoms with Crippen molar-refractivity contribution in [2.45, 2.75) is 75.6 Å². The van der Waals surface area contributed by atoms with Crippen molar-refractivity contribution >= 4 is 0 Å². The average molecular weight is 439 g/mol. The summed E-state index contributed by atoms with van der Waals surface area (Å²) < 4.78 is 33.3. The minimum Gasteiger partial charge on any atom is -0.394 e. The predicted molar refractivity (Wildman–Crippen MR) is 96.3 cm³/mol. The Morgan fingerprint density at radius 2 is 1.93 bits per heavy atom. The van der Waals surface area contributed by atoms with Crippen LogP contribution < -0.4 is 11.2 Å². The lowest BCUT2D eigenvalue weighted by Gasteiger charge is -2.43. The fraction of sp³-hybridized carbons (Fsp3) is 0.765. The largest absolute Gasteiger partial charge is 0.394 e. The molecule has 30 heavy (non-hydrogen) atoms. The number of nitrogens with one attached hydrogen (secondary N) is 1. The Morgan fingerprint density at radius 3 is 2.53 bits per heavy atom. The number of halogens is 2. The molecule has 0 amide bonds. The van der Waals surface area contributed by atoms with Crippen molar-refractivity contribution < 1.29 is 39.2 Å². The highest BCUT2D eigenvalue weighted by molar-refractivity contribution is 5.06. The fourth-order valence-electron chi connectivity index (χ4n) is 3.39. The second kappa shape index (κ2) is 9.60. The third-order valence-corrected chi connectivity index (χ3v) is 5.13. The second-order valence-corrected chi connectivity index (χ2v) is 7.21. The molecule has 1 aliphatic heterocycles. The van der Waals surface area contributed by atoms with Crippen molar-refractivity contribution in [1.82, 2.24) is 14.6 Å². The third-order valence-electron chi connectivity index (χ3n) is 5.13. The zero-order chi connectivity index (χ0) is 22.7. The molecule has 1 aliphatic rings. The van der Waals surface area contributed by atoms with Crippen LogP contribution in [0.15, 0.2) is 15.8 Å². The second-order valence-electron chi connectivity index (χ2n) is 7.21. The minimum absolute atomic E-state index is 0.0558. The summed E-state index contributed by atoms with van der Waals surface area (Å²) in [5.41, 5.74) is -6.38. The zero-order valence-corrected chi connectivity index (χ0v) is 16.4. The molecule has 2 heterocycles. The Morgan fingerprint density at radius 1 is 1.30 bits per heavy atom. The lowest BCUT2D eigenvalue weighted by Crippen LogP contribution is -2.69. The molecule has 0 spiro atoms. The normalized spacial score (nSPS) is 30.2. The topological polar surface area (TPSA) is 168 Å². The van der Waals surface area contributed by atoms with E-state index < -0.39 is 58.9 Å². The Balaban J connectivity index is 2.41. The number of aromatic nitrogens is 2. The van der Waals surface area contributed by atoms with Crippen LogP contribution in [0.3, 0.4) is 0 Å². The summed E-state index contributed by atoms with van der Waals surface area (Å²) in [6.45, 7) is 0.971. The monoisotopic (exact) mass is 439 g/mol. The van der Waals surface area contributed by atoms with Gasteiger partial charge in [0, 0.05) is 0 Å². The molecule has 1 fully saturated rings. The zero-order valence-electron chi connectivity index (χ0n) is 16.4. The van der Waals surface area contributed by atoms with Gasteiger partial charge in [0.1, 0.15) is 12.2 Å². The number of hydrogen-bond donors (Lipinski definition) is 6. The first kappa shape index (κ1) is 24.5. The van der Waals surface area contributed by atoms with Crippen LogP contribution in [0.4, 0.5) is 8.78 Å². The van der Waals surface area contributed by atoms with E-state index in [1.54, 1.807) is 0 Å².